The summed E-state index contributed by atoms with van der Waals surface area (Å²) in [6.07, 6.45) is 13.2. The number of hydrogen-bond acceptors (Lipinski definition) is 0. The van der Waals surface area contributed by atoms with Gasteiger partial charge in [0.25, 0.3) is 0 Å². The minimum Gasteiger partial charge on any atom is -1.00 e. The van der Waals surface area contributed by atoms with Crippen molar-refractivity contribution in [2.45, 2.75) is 60.3 Å². The van der Waals surface area contributed by atoms with Gasteiger partial charge < -0.3 is 24.8 Å². The van der Waals surface area contributed by atoms with E-state index in [1.54, 1.807) is 0 Å². The molecule has 1 saturated carbocycles. The Labute approximate surface area is 157 Å². The molecule has 0 aromatic rings. The van der Waals surface area contributed by atoms with E-state index in [4.69, 9.17) is 0 Å². The third kappa shape index (κ3) is 4.47. The molecule has 20 heavy (non-hydrogen) atoms. The monoisotopic (exact) mass is 391 g/mol. The summed E-state index contributed by atoms with van der Waals surface area (Å²) in [6, 6.07) is 0. The van der Waals surface area contributed by atoms with Crippen molar-refractivity contribution in [2.75, 3.05) is 0 Å². The Balaban J connectivity index is 0. The quantitative estimate of drug-likeness (QED) is 0.549. The van der Waals surface area contributed by atoms with Gasteiger partial charge in [0, 0.05) is 0 Å². The molecule has 0 amide bonds. The van der Waals surface area contributed by atoms with Gasteiger partial charge >= 0.3 is 26.2 Å². The Morgan fingerprint density at radius 1 is 1.30 bits per heavy atom. The van der Waals surface area contributed by atoms with Crippen molar-refractivity contribution < 1.29 is 51.0 Å². The second-order valence-electron chi connectivity index (χ2n) is 7.17. The van der Waals surface area contributed by atoms with E-state index in [9.17, 15) is 0 Å². The summed E-state index contributed by atoms with van der Waals surface area (Å²) in [6.45, 7) is 12.1. The fourth-order valence-corrected chi connectivity index (χ4v) is 3.41. The van der Waals surface area contributed by atoms with Gasteiger partial charge in [-0.3, -0.25) is 6.08 Å². The maximum Gasteiger partial charge on any atom is 3.00 e. The van der Waals surface area contributed by atoms with Crippen LogP contribution in [0.25, 0.3) is 0 Å². The van der Waals surface area contributed by atoms with Crippen LogP contribution >= 0.6 is 0 Å². The van der Waals surface area contributed by atoms with Gasteiger partial charge in [0.05, 0.1) is 0 Å². The summed E-state index contributed by atoms with van der Waals surface area (Å²) in [5, 5.41) is 0. The molecular weight excluding hydrogens is 366 g/mol. The molecular formula is C17H27Cl2Zr. The topological polar surface area (TPSA) is 0 Å². The van der Waals surface area contributed by atoms with Gasteiger partial charge in [-0.15, -0.1) is 6.42 Å². The first-order valence-electron chi connectivity index (χ1n) is 7.14. The molecule has 2 unspecified atom stereocenters. The van der Waals surface area contributed by atoms with Crippen molar-refractivity contribution in [1.82, 2.24) is 0 Å². The molecule has 0 saturated heterocycles. The fraction of sp³-hybridized carbons (Fsp3) is 0.765. The maximum atomic E-state index is 3.55. The van der Waals surface area contributed by atoms with Gasteiger partial charge in [-0.25, -0.2) is 11.6 Å². The zero-order chi connectivity index (χ0) is 12.7. The van der Waals surface area contributed by atoms with Crippen molar-refractivity contribution >= 4 is 0 Å². The molecule has 2 aliphatic carbocycles. The number of rotatable bonds is 3. The van der Waals surface area contributed by atoms with Crippen molar-refractivity contribution in [3.05, 3.63) is 23.8 Å². The van der Waals surface area contributed by atoms with Crippen molar-refractivity contribution in [3.63, 3.8) is 0 Å². The molecule has 2 rings (SSSR count). The van der Waals surface area contributed by atoms with Gasteiger partial charge in [-0.1, -0.05) is 34.6 Å². The molecule has 0 aromatic heterocycles. The van der Waals surface area contributed by atoms with E-state index in [0.29, 0.717) is 10.8 Å². The SMILES string of the molecule is CC(C)C(C)(C)C1CCC(C)(C2=[C-]CC=C2)C1.[Cl-].[Cl-].[Zr+3]. The van der Waals surface area contributed by atoms with Crippen LogP contribution in [0.1, 0.15) is 60.3 Å². The third-order valence-corrected chi connectivity index (χ3v) is 5.63. The average molecular weight is 394 g/mol. The van der Waals surface area contributed by atoms with Crippen LogP contribution in [0.4, 0.5) is 0 Å². The minimum absolute atomic E-state index is 0. The van der Waals surface area contributed by atoms with Gasteiger partial charge in [0.15, 0.2) is 0 Å². The molecule has 0 nitrogen and oxygen atoms in total. The number of halogens is 2. The predicted octanol–water partition coefficient (Wildman–Crippen LogP) is -0.830. The molecule has 0 N–H and O–H groups in total. The van der Waals surface area contributed by atoms with E-state index in [2.05, 4.69) is 52.8 Å². The van der Waals surface area contributed by atoms with Crippen LogP contribution in [-0.2, 0) is 26.2 Å². The number of hydrogen-bond donors (Lipinski definition) is 0. The molecule has 0 aliphatic heterocycles. The fourth-order valence-electron chi connectivity index (χ4n) is 3.41. The van der Waals surface area contributed by atoms with Gasteiger partial charge in [0.2, 0.25) is 0 Å². The molecule has 0 heterocycles. The predicted molar refractivity (Wildman–Crippen MR) is 74.6 cm³/mol. The summed E-state index contributed by atoms with van der Waals surface area (Å²) in [5.74, 6) is 1.64. The summed E-state index contributed by atoms with van der Waals surface area (Å²) >= 11 is 0. The van der Waals surface area contributed by atoms with E-state index in [-0.39, 0.29) is 51.0 Å². The van der Waals surface area contributed by atoms with E-state index in [0.717, 1.165) is 18.3 Å². The zero-order valence-electron chi connectivity index (χ0n) is 13.4. The largest absolute Gasteiger partial charge is 3.00 e. The molecule has 1 radical (unpaired) electrons. The normalized spacial score (nSPS) is 28.5. The van der Waals surface area contributed by atoms with Crippen molar-refractivity contribution in [3.8, 4) is 0 Å². The van der Waals surface area contributed by atoms with Crippen LogP contribution < -0.4 is 24.8 Å². The molecule has 0 bridgehead atoms. The van der Waals surface area contributed by atoms with Crippen LogP contribution in [0.5, 0.6) is 0 Å². The molecule has 1 fully saturated rings. The van der Waals surface area contributed by atoms with Gasteiger partial charge in [-0.05, 0) is 41.9 Å². The smallest absolute Gasteiger partial charge is 1.00 e. The van der Waals surface area contributed by atoms with E-state index in [1.807, 2.05) is 0 Å². The first-order chi connectivity index (χ1) is 7.86. The molecule has 2 atom stereocenters. The van der Waals surface area contributed by atoms with Crippen LogP contribution in [-0.4, -0.2) is 0 Å². The molecule has 0 spiro atoms. The Kier molecular flexibility index (Phi) is 9.92. The summed E-state index contributed by atoms with van der Waals surface area (Å²) in [5.41, 5.74) is 2.37. The van der Waals surface area contributed by atoms with Crippen molar-refractivity contribution in [2.24, 2.45) is 22.7 Å². The summed E-state index contributed by atoms with van der Waals surface area (Å²) in [4.78, 5) is 0. The second-order valence-corrected chi connectivity index (χ2v) is 7.17. The summed E-state index contributed by atoms with van der Waals surface area (Å²) < 4.78 is 0. The van der Waals surface area contributed by atoms with Gasteiger partial charge in [0.1, 0.15) is 0 Å². The Morgan fingerprint density at radius 2 is 1.90 bits per heavy atom. The summed E-state index contributed by atoms with van der Waals surface area (Å²) in [7, 11) is 0. The molecule has 0 aromatic carbocycles. The Bertz CT molecular complexity index is 358. The number of allylic oxidation sites excluding steroid dienone is 4. The molecule has 2 aliphatic rings. The second kappa shape index (κ2) is 8.54. The van der Waals surface area contributed by atoms with Crippen molar-refractivity contribution in [1.29, 1.82) is 0 Å². The van der Waals surface area contributed by atoms with E-state index < -0.39 is 0 Å². The maximum absolute atomic E-state index is 3.55. The third-order valence-electron chi connectivity index (χ3n) is 5.63. The molecule has 3 heteroatoms. The Morgan fingerprint density at radius 3 is 2.35 bits per heavy atom. The Hall–Kier alpha value is 0.943. The standard InChI is InChI=1S/C17H27.2ClH.Zr/c1-13(2)16(3,4)15-10-11-17(5,12-15)14-8-6-7-9-14;;;/h6,8,13,15H,7,10-12H2,1-5H3;2*1H;/q-1;;;+3/p-2. The van der Waals surface area contributed by atoms with Crippen LogP contribution in [0.3, 0.4) is 0 Å². The van der Waals surface area contributed by atoms with E-state index in [1.165, 1.54) is 24.8 Å². The van der Waals surface area contributed by atoms with Crippen LogP contribution in [0.2, 0.25) is 0 Å². The molecule has 113 valence electrons. The van der Waals surface area contributed by atoms with E-state index >= 15 is 0 Å². The average Bonchev–Trinajstić information content (AvgIpc) is 2.86. The van der Waals surface area contributed by atoms with Crippen LogP contribution in [0.15, 0.2) is 17.7 Å². The van der Waals surface area contributed by atoms with Crippen LogP contribution in [0, 0.1) is 28.7 Å². The minimum atomic E-state index is 0. The zero-order valence-corrected chi connectivity index (χ0v) is 17.4. The van der Waals surface area contributed by atoms with Gasteiger partial charge in [-0.2, -0.15) is 6.08 Å². The first-order valence-corrected chi connectivity index (χ1v) is 7.14. The first kappa shape index (κ1) is 23.2.